The van der Waals surface area contributed by atoms with Crippen LogP contribution in [0.15, 0.2) is 29.2 Å². The number of ether oxygens (including phenoxy) is 1. The molecule has 4 nitrogen and oxygen atoms in total. The molecule has 0 heterocycles. The van der Waals surface area contributed by atoms with Gasteiger partial charge in [-0.05, 0) is 24.3 Å². The van der Waals surface area contributed by atoms with Crippen molar-refractivity contribution < 1.29 is 26.3 Å². The van der Waals surface area contributed by atoms with E-state index in [0.29, 0.717) is 0 Å². The summed E-state index contributed by atoms with van der Waals surface area (Å²) < 4.78 is 64.1. The molecule has 1 rings (SSSR count). The minimum atomic E-state index is -4.57. The molecule has 2 N–H and O–H groups in total. The van der Waals surface area contributed by atoms with Crippen LogP contribution in [0, 0.1) is 0 Å². The van der Waals surface area contributed by atoms with Gasteiger partial charge in [0.15, 0.2) is 9.84 Å². The zero-order valence-electron chi connectivity index (χ0n) is 9.44. The van der Waals surface area contributed by atoms with Crippen LogP contribution in [0.2, 0.25) is 0 Å². The lowest BCUT2D eigenvalue weighted by molar-refractivity contribution is -0.191. The number of halogens is 3. The molecular formula is C10H12F3NO3S. The Hall–Kier alpha value is -1.28. The zero-order valence-corrected chi connectivity index (χ0v) is 10.3. The highest BCUT2D eigenvalue weighted by Crippen LogP contribution is 2.25. The maximum Gasteiger partial charge on any atom is 0.426 e. The van der Waals surface area contributed by atoms with Gasteiger partial charge in [-0.2, -0.15) is 13.2 Å². The molecule has 0 radical (unpaired) electrons. The van der Waals surface area contributed by atoms with Gasteiger partial charge in [-0.1, -0.05) is 0 Å². The SMILES string of the molecule is CS(=O)(=O)c1ccc(OC(CN)C(F)(F)F)cc1. The molecule has 0 spiro atoms. The Morgan fingerprint density at radius 1 is 1.28 bits per heavy atom. The third-order valence-corrected chi connectivity index (χ3v) is 3.24. The van der Waals surface area contributed by atoms with Gasteiger partial charge in [0, 0.05) is 12.8 Å². The number of sulfone groups is 1. The molecule has 1 atom stereocenters. The zero-order chi connectivity index (χ0) is 14.0. The summed E-state index contributed by atoms with van der Waals surface area (Å²) in [6.07, 6.45) is -5.67. The van der Waals surface area contributed by atoms with Gasteiger partial charge >= 0.3 is 6.18 Å². The first-order chi connectivity index (χ1) is 8.14. The van der Waals surface area contributed by atoms with E-state index in [-0.39, 0.29) is 10.6 Å². The van der Waals surface area contributed by atoms with Gasteiger partial charge in [-0.25, -0.2) is 8.42 Å². The standard InChI is InChI=1S/C10H12F3NO3S/c1-18(15,16)8-4-2-7(3-5-8)17-9(6-14)10(11,12)13/h2-5,9H,6,14H2,1H3. The van der Waals surface area contributed by atoms with Crippen LogP contribution < -0.4 is 10.5 Å². The number of benzene rings is 1. The fourth-order valence-electron chi connectivity index (χ4n) is 1.18. The molecule has 0 aromatic heterocycles. The predicted molar refractivity (Wildman–Crippen MR) is 59.1 cm³/mol. The van der Waals surface area contributed by atoms with E-state index in [9.17, 15) is 21.6 Å². The van der Waals surface area contributed by atoms with Gasteiger partial charge in [-0.15, -0.1) is 0 Å². The Bertz CT molecular complexity index is 496. The van der Waals surface area contributed by atoms with Crippen LogP contribution >= 0.6 is 0 Å². The quantitative estimate of drug-likeness (QED) is 0.905. The van der Waals surface area contributed by atoms with Crippen molar-refractivity contribution in [2.75, 3.05) is 12.8 Å². The van der Waals surface area contributed by atoms with E-state index in [1.54, 1.807) is 0 Å². The first-order valence-electron chi connectivity index (χ1n) is 4.88. The average Bonchev–Trinajstić information content (AvgIpc) is 2.23. The normalized spacial score (nSPS) is 14.3. The second kappa shape index (κ2) is 5.15. The largest absolute Gasteiger partial charge is 0.480 e. The monoisotopic (exact) mass is 283 g/mol. The van der Waals surface area contributed by atoms with Crippen molar-refractivity contribution in [1.29, 1.82) is 0 Å². The molecule has 0 aliphatic rings. The summed E-state index contributed by atoms with van der Waals surface area (Å²) >= 11 is 0. The van der Waals surface area contributed by atoms with Gasteiger partial charge in [0.1, 0.15) is 5.75 Å². The van der Waals surface area contributed by atoms with Crippen LogP contribution in [-0.2, 0) is 9.84 Å². The fourth-order valence-corrected chi connectivity index (χ4v) is 1.81. The lowest BCUT2D eigenvalue weighted by atomic mass is 10.3. The Morgan fingerprint density at radius 3 is 2.11 bits per heavy atom. The van der Waals surface area contributed by atoms with E-state index in [0.717, 1.165) is 18.4 Å². The van der Waals surface area contributed by atoms with Crippen molar-refractivity contribution in [3.8, 4) is 5.75 Å². The Balaban J connectivity index is 2.87. The van der Waals surface area contributed by atoms with Crippen molar-refractivity contribution in [2.24, 2.45) is 5.73 Å². The molecule has 0 saturated carbocycles. The van der Waals surface area contributed by atoms with E-state index in [1.807, 2.05) is 0 Å². The molecule has 1 unspecified atom stereocenters. The molecule has 1 aromatic rings. The molecule has 0 aliphatic heterocycles. The molecule has 8 heteroatoms. The Morgan fingerprint density at radius 2 is 1.78 bits per heavy atom. The topological polar surface area (TPSA) is 69.4 Å². The fraction of sp³-hybridized carbons (Fsp3) is 0.400. The van der Waals surface area contributed by atoms with Crippen molar-refractivity contribution in [1.82, 2.24) is 0 Å². The number of hydrogen-bond acceptors (Lipinski definition) is 4. The summed E-state index contributed by atoms with van der Waals surface area (Å²) in [4.78, 5) is 0.00570. The molecule has 0 saturated heterocycles. The van der Waals surface area contributed by atoms with Crippen LogP contribution in [0.3, 0.4) is 0 Å². The summed E-state index contributed by atoms with van der Waals surface area (Å²) in [6.45, 7) is -0.711. The summed E-state index contributed by atoms with van der Waals surface area (Å²) in [5, 5.41) is 0. The predicted octanol–water partition coefficient (Wildman–Crippen LogP) is 1.36. The van der Waals surface area contributed by atoms with Crippen molar-refractivity contribution >= 4 is 9.84 Å². The third kappa shape index (κ3) is 3.88. The third-order valence-electron chi connectivity index (χ3n) is 2.11. The maximum absolute atomic E-state index is 12.4. The molecule has 18 heavy (non-hydrogen) atoms. The first kappa shape index (κ1) is 14.8. The summed E-state index contributed by atoms with van der Waals surface area (Å²) in [6, 6.07) is 4.67. The lowest BCUT2D eigenvalue weighted by Gasteiger charge is -2.20. The number of hydrogen-bond donors (Lipinski definition) is 1. The molecular weight excluding hydrogens is 271 g/mol. The summed E-state index contributed by atoms with van der Waals surface area (Å²) in [5.74, 6) is -0.0878. The van der Waals surface area contributed by atoms with E-state index >= 15 is 0 Å². The van der Waals surface area contributed by atoms with E-state index in [4.69, 9.17) is 5.73 Å². The van der Waals surface area contributed by atoms with Gasteiger partial charge in [-0.3, -0.25) is 0 Å². The van der Waals surface area contributed by atoms with Crippen LogP contribution in [0.5, 0.6) is 5.75 Å². The highest BCUT2D eigenvalue weighted by Gasteiger charge is 2.40. The Kier molecular flexibility index (Phi) is 4.23. The molecule has 0 amide bonds. The lowest BCUT2D eigenvalue weighted by Crippen LogP contribution is -2.40. The smallest absolute Gasteiger partial charge is 0.426 e. The van der Waals surface area contributed by atoms with Gasteiger partial charge in [0.25, 0.3) is 0 Å². The number of alkyl halides is 3. The van der Waals surface area contributed by atoms with Crippen molar-refractivity contribution in [2.45, 2.75) is 17.2 Å². The molecule has 0 bridgehead atoms. The first-order valence-corrected chi connectivity index (χ1v) is 6.77. The highest BCUT2D eigenvalue weighted by atomic mass is 32.2. The van der Waals surface area contributed by atoms with Gasteiger partial charge in [0.2, 0.25) is 6.10 Å². The molecule has 0 fully saturated rings. The summed E-state index contributed by atoms with van der Waals surface area (Å²) in [5.41, 5.74) is 4.97. The van der Waals surface area contributed by atoms with Crippen LogP contribution in [-0.4, -0.2) is 33.5 Å². The van der Waals surface area contributed by atoms with Crippen molar-refractivity contribution in [3.05, 3.63) is 24.3 Å². The second-order valence-electron chi connectivity index (χ2n) is 3.63. The van der Waals surface area contributed by atoms with E-state index < -0.39 is 28.7 Å². The van der Waals surface area contributed by atoms with Crippen LogP contribution in [0.25, 0.3) is 0 Å². The molecule has 102 valence electrons. The molecule has 0 aliphatic carbocycles. The minimum absolute atomic E-state index is 0.00570. The molecule has 1 aromatic carbocycles. The van der Waals surface area contributed by atoms with Gasteiger partial charge in [0.05, 0.1) is 4.90 Å². The van der Waals surface area contributed by atoms with E-state index in [1.165, 1.54) is 12.1 Å². The highest BCUT2D eigenvalue weighted by molar-refractivity contribution is 7.90. The minimum Gasteiger partial charge on any atom is -0.480 e. The summed E-state index contributed by atoms with van der Waals surface area (Å²) in [7, 11) is -3.38. The second-order valence-corrected chi connectivity index (χ2v) is 5.64. The van der Waals surface area contributed by atoms with Gasteiger partial charge < -0.3 is 10.5 Å². The van der Waals surface area contributed by atoms with Crippen LogP contribution in [0.1, 0.15) is 0 Å². The Labute approximate surface area is 102 Å². The number of rotatable bonds is 4. The number of nitrogens with two attached hydrogens (primary N) is 1. The maximum atomic E-state index is 12.4. The van der Waals surface area contributed by atoms with E-state index in [2.05, 4.69) is 4.74 Å². The van der Waals surface area contributed by atoms with Crippen molar-refractivity contribution in [3.63, 3.8) is 0 Å². The van der Waals surface area contributed by atoms with Crippen LogP contribution in [0.4, 0.5) is 13.2 Å². The average molecular weight is 283 g/mol.